The molecule has 0 saturated heterocycles. The number of rotatable bonds is 2. The van der Waals surface area contributed by atoms with E-state index in [1.165, 1.54) is 5.56 Å². The molecule has 0 radical (unpaired) electrons. The van der Waals surface area contributed by atoms with Crippen molar-refractivity contribution >= 4 is 11.7 Å². The predicted molar refractivity (Wildman–Crippen MR) is 85.2 cm³/mol. The lowest BCUT2D eigenvalue weighted by molar-refractivity contribution is 0.102. The standard InChI is InChI=1S/C17H16N4O2/c1-10-8-14(21-23-10)20-17(22)12-9-19-13-6-2-4-11-5-3-7-18-16(11)15(12)13/h3,5,7-9,19H,2,4,6H2,1H3,(H,20,21,22). The Labute approximate surface area is 132 Å². The van der Waals surface area contributed by atoms with Crippen LogP contribution in [0.25, 0.3) is 11.3 Å². The number of nitrogens with one attached hydrogen (secondary N) is 2. The maximum atomic E-state index is 12.6. The molecule has 3 aromatic heterocycles. The van der Waals surface area contributed by atoms with Crippen LogP contribution < -0.4 is 5.32 Å². The van der Waals surface area contributed by atoms with Gasteiger partial charge in [-0.1, -0.05) is 11.2 Å². The highest BCUT2D eigenvalue weighted by atomic mass is 16.5. The number of hydrogen-bond acceptors (Lipinski definition) is 4. The van der Waals surface area contributed by atoms with Gasteiger partial charge in [-0.2, -0.15) is 0 Å². The van der Waals surface area contributed by atoms with Crippen molar-refractivity contribution in [2.24, 2.45) is 0 Å². The van der Waals surface area contributed by atoms with Gasteiger partial charge in [0.2, 0.25) is 0 Å². The summed E-state index contributed by atoms with van der Waals surface area (Å²) in [6.45, 7) is 1.78. The van der Waals surface area contributed by atoms with Gasteiger partial charge in [-0.15, -0.1) is 0 Å². The second kappa shape index (κ2) is 5.39. The molecule has 4 rings (SSSR count). The Morgan fingerprint density at radius 1 is 1.39 bits per heavy atom. The zero-order valence-corrected chi connectivity index (χ0v) is 12.7. The highest BCUT2D eigenvalue weighted by Gasteiger charge is 2.24. The Hall–Kier alpha value is -2.89. The van der Waals surface area contributed by atoms with E-state index in [-0.39, 0.29) is 5.91 Å². The van der Waals surface area contributed by atoms with Crippen molar-refractivity contribution in [3.05, 3.63) is 53.2 Å². The van der Waals surface area contributed by atoms with E-state index in [0.29, 0.717) is 17.1 Å². The molecule has 2 N–H and O–H groups in total. The summed E-state index contributed by atoms with van der Waals surface area (Å²) in [7, 11) is 0. The third-order valence-corrected chi connectivity index (χ3v) is 4.08. The van der Waals surface area contributed by atoms with E-state index in [1.807, 2.05) is 6.07 Å². The number of nitrogens with zero attached hydrogens (tertiary/aromatic N) is 2. The van der Waals surface area contributed by atoms with E-state index in [9.17, 15) is 4.79 Å². The fourth-order valence-corrected chi connectivity index (χ4v) is 3.04. The monoisotopic (exact) mass is 308 g/mol. The van der Waals surface area contributed by atoms with Gasteiger partial charge in [0.1, 0.15) is 5.76 Å². The molecule has 0 aliphatic heterocycles. The van der Waals surface area contributed by atoms with E-state index in [4.69, 9.17) is 4.52 Å². The molecule has 3 heterocycles. The topological polar surface area (TPSA) is 83.8 Å². The quantitative estimate of drug-likeness (QED) is 0.762. The SMILES string of the molecule is Cc1cc(NC(=O)c2c[nH]c3c2-c2ncccc2CCC3)no1. The van der Waals surface area contributed by atoms with Crippen LogP contribution in [0.3, 0.4) is 0 Å². The first kappa shape index (κ1) is 13.8. The number of amides is 1. The lowest BCUT2D eigenvalue weighted by Gasteiger charge is -2.07. The first-order chi connectivity index (χ1) is 11.2. The minimum atomic E-state index is -0.214. The van der Waals surface area contributed by atoms with Gasteiger partial charge in [0, 0.05) is 29.7 Å². The Morgan fingerprint density at radius 3 is 3.13 bits per heavy atom. The zero-order valence-electron chi connectivity index (χ0n) is 12.7. The molecule has 0 atom stereocenters. The van der Waals surface area contributed by atoms with Gasteiger partial charge in [-0.25, -0.2) is 0 Å². The number of anilines is 1. The zero-order chi connectivity index (χ0) is 15.8. The van der Waals surface area contributed by atoms with E-state index >= 15 is 0 Å². The van der Waals surface area contributed by atoms with Crippen LogP contribution in [-0.4, -0.2) is 21.0 Å². The first-order valence-corrected chi connectivity index (χ1v) is 7.61. The molecule has 23 heavy (non-hydrogen) atoms. The molecule has 116 valence electrons. The first-order valence-electron chi connectivity index (χ1n) is 7.61. The molecule has 1 amide bonds. The molecule has 0 bridgehead atoms. The molecular weight excluding hydrogens is 292 g/mol. The summed E-state index contributed by atoms with van der Waals surface area (Å²) in [4.78, 5) is 20.4. The average molecular weight is 308 g/mol. The highest BCUT2D eigenvalue weighted by molar-refractivity contribution is 6.08. The minimum absolute atomic E-state index is 0.214. The summed E-state index contributed by atoms with van der Waals surface area (Å²) >= 11 is 0. The summed E-state index contributed by atoms with van der Waals surface area (Å²) in [5.74, 6) is 0.854. The van der Waals surface area contributed by atoms with E-state index in [1.54, 1.807) is 25.4 Å². The fraction of sp³-hybridized carbons (Fsp3) is 0.235. The molecule has 0 aromatic carbocycles. The van der Waals surface area contributed by atoms with E-state index in [2.05, 4.69) is 26.5 Å². The molecule has 6 nitrogen and oxygen atoms in total. The fourth-order valence-electron chi connectivity index (χ4n) is 3.04. The Kier molecular flexibility index (Phi) is 3.22. The van der Waals surface area contributed by atoms with Crippen LogP contribution >= 0.6 is 0 Å². The molecule has 6 heteroatoms. The molecule has 3 aromatic rings. The minimum Gasteiger partial charge on any atom is -0.364 e. The van der Waals surface area contributed by atoms with Crippen molar-refractivity contribution in [1.29, 1.82) is 0 Å². The van der Waals surface area contributed by atoms with Crippen LogP contribution in [0.5, 0.6) is 0 Å². The summed E-state index contributed by atoms with van der Waals surface area (Å²) in [6, 6.07) is 5.71. The number of carbonyl (C=O) groups excluding carboxylic acids is 1. The van der Waals surface area contributed by atoms with Crippen molar-refractivity contribution in [1.82, 2.24) is 15.1 Å². The maximum Gasteiger partial charge on any atom is 0.259 e. The normalized spacial score (nSPS) is 13.1. The smallest absolute Gasteiger partial charge is 0.259 e. The number of aromatic nitrogens is 3. The van der Waals surface area contributed by atoms with Gasteiger partial charge in [0.05, 0.1) is 11.3 Å². The summed E-state index contributed by atoms with van der Waals surface area (Å²) in [5.41, 5.74) is 4.61. The van der Waals surface area contributed by atoms with E-state index in [0.717, 1.165) is 36.2 Å². The lowest BCUT2D eigenvalue weighted by atomic mass is 10.0. The van der Waals surface area contributed by atoms with Gasteiger partial charge < -0.3 is 14.8 Å². The number of fused-ring (bicyclic) bond motifs is 3. The van der Waals surface area contributed by atoms with Crippen LogP contribution in [0.2, 0.25) is 0 Å². The average Bonchev–Trinajstić information content (AvgIpc) is 3.10. The number of aryl methyl sites for hydroxylation is 3. The number of aromatic amines is 1. The number of hydrogen-bond donors (Lipinski definition) is 2. The highest BCUT2D eigenvalue weighted by Crippen LogP contribution is 2.33. The number of carbonyl (C=O) groups is 1. The molecule has 0 unspecified atom stereocenters. The molecule has 0 fully saturated rings. The lowest BCUT2D eigenvalue weighted by Crippen LogP contribution is -2.12. The van der Waals surface area contributed by atoms with Crippen LogP contribution in [-0.2, 0) is 12.8 Å². The molecule has 0 saturated carbocycles. The molecule has 1 aliphatic rings. The molecular formula is C17H16N4O2. The van der Waals surface area contributed by atoms with Gasteiger partial charge in [0.15, 0.2) is 5.82 Å². The van der Waals surface area contributed by atoms with Gasteiger partial charge in [0.25, 0.3) is 5.91 Å². The molecule has 0 spiro atoms. The predicted octanol–water partition coefficient (Wildman–Crippen LogP) is 3.11. The van der Waals surface area contributed by atoms with Crippen LogP contribution in [0.15, 0.2) is 35.1 Å². The van der Waals surface area contributed by atoms with Crippen molar-refractivity contribution in [2.45, 2.75) is 26.2 Å². The van der Waals surface area contributed by atoms with Crippen molar-refractivity contribution in [3.8, 4) is 11.3 Å². The summed E-state index contributed by atoms with van der Waals surface area (Å²) < 4.78 is 4.99. The Balaban J connectivity index is 1.75. The second-order valence-corrected chi connectivity index (χ2v) is 5.70. The van der Waals surface area contributed by atoms with Gasteiger partial charge in [-0.3, -0.25) is 9.78 Å². The van der Waals surface area contributed by atoms with Crippen molar-refractivity contribution in [3.63, 3.8) is 0 Å². The van der Waals surface area contributed by atoms with E-state index < -0.39 is 0 Å². The number of H-pyrrole nitrogens is 1. The van der Waals surface area contributed by atoms with Gasteiger partial charge in [-0.05, 0) is 37.8 Å². The van der Waals surface area contributed by atoms with Crippen LogP contribution in [0.4, 0.5) is 5.82 Å². The maximum absolute atomic E-state index is 12.6. The number of pyridine rings is 1. The van der Waals surface area contributed by atoms with Crippen LogP contribution in [0, 0.1) is 6.92 Å². The largest absolute Gasteiger partial charge is 0.364 e. The summed E-state index contributed by atoms with van der Waals surface area (Å²) in [5, 5.41) is 6.58. The van der Waals surface area contributed by atoms with Crippen molar-refractivity contribution in [2.75, 3.05) is 5.32 Å². The molecule has 1 aliphatic carbocycles. The third-order valence-electron chi connectivity index (χ3n) is 4.08. The van der Waals surface area contributed by atoms with Crippen LogP contribution in [0.1, 0.15) is 33.8 Å². The van der Waals surface area contributed by atoms with Crippen molar-refractivity contribution < 1.29 is 9.32 Å². The van der Waals surface area contributed by atoms with Gasteiger partial charge >= 0.3 is 0 Å². The second-order valence-electron chi connectivity index (χ2n) is 5.70. The third kappa shape index (κ3) is 2.42. The Bertz CT molecular complexity index is 878. The Morgan fingerprint density at radius 2 is 2.30 bits per heavy atom. The summed E-state index contributed by atoms with van der Waals surface area (Å²) in [6.07, 6.45) is 6.42.